The molecular formula is C34H26O2S4. The van der Waals surface area contributed by atoms with Crippen molar-refractivity contribution in [1.29, 1.82) is 0 Å². The Balaban J connectivity index is 1.43. The number of hydrogen-bond donors (Lipinski definition) is 0. The third kappa shape index (κ3) is 5.38. The largest absolute Gasteiger partial charge is 0.287 e. The minimum atomic E-state index is 0.0929. The summed E-state index contributed by atoms with van der Waals surface area (Å²) in [7, 11) is 0. The molecule has 0 bridgehead atoms. The molecule has 0 aromatic heterocycles. The quantitative estimate of drug-likeness (QED) is 0.193. The van der Waals surface area contributed by atoms with Crippen LogP contribution in [0.5, 0.6) is 0 Å². The van der Waals surface area contributed by atoms with Gasteiger partial charge in [-0.25, -0.2) is 0 Å². The van der Waals surface area contributed by atoms with Gasteiger partial charge < -0.3 is 0 Å². The van der Waals surface area contributed by atoms with Crippen LogP contribution >= 0.6 is 47.0 Å². The van der Waals surface area contributed by atoms with E-state index in [2.05, 4.69) is 74.5 Å². The monoisotopic (exact) mass is 594 g/mol. The molecule has 1 aliphatic carbocycles. The highest BCUT2D eigenvalue weighted by Crippen LogP contribution is 2.57. The summed E-state index contributed by atoms with van der Waals surface area (Å²) in [6.07, 6.45) is 0. The number of fused-ring (bicyclic) bond motifs is 3. The zero-order chi connectivity index (χ0) is 28.0. The Morgan fingerprint density at radius 1 is 0.525 bits per heavy atom. The number of thioether (sulfide) groups is 4. The average Bonchev–Trinajstić information content (AvgIpc) is 3.43. The molecule has 0 amide bonds. The molecule has 198 valence electrons. The maximum atomic E-state index is 11.5. The van der Waals surface area contributed by atoms with Crippen LogP contribution in [0.4, 0.5) is 0 Å². The van der Waals surface area contributed by atoms with Gasteiger partial charge in [-0.05, 0) is 105 Å². The Kier molecular flexibility index (Phi) is 7.62. The molecule has 0 spiro atoms. The molecule has 0 saturated carbocycles. The number of hydrogen-bond acceptors (Lipinski definition) is 6. The van der Waals surface area contributed by atoms with Gasteiger partial charge >= 0.3 is 0 Å². The number of rotatable bonds is 4. The van der Waals surface area contributed by atoms with E-state index in [-0.39, 0.29) is 10.2 Å². The number of carbonyl (C=O) groups excluding carboxylic acids is 2. The predicted octanol–water partition coefficient (Wildman–Crippen LogP) is 10.7. The number of allylic oxidation sites excluding steroid dienone is 2. The van der Waals surface area contributed by atoms with Crippen molar-refractivity contribution in [2.75, 3.05) is 0 Å². The summed E-state index contributed by atoms with van der Waals surface area (Å²) in [5, 5.41) is 0.186. The Labute approximate surface area is 252 Å². The lowest BCUT2D eigenvalue weighted by Crippen LogP contribution is -1.87. The molecule has 6 rings (SSSR count). The van der Waals surface area contributed by atoms with Crippen LogP contribution in [0.25, 0.3) is 39.0 Å². The van der Waals surface area contributed by atoms with E-state index in [0.29, 0.717) is 0 Å². The smallest absolute Gasteiger partial charge is 0.190 e. The first kappa shape index (κ1) is 27.3. The van der Waals surface area contributed by atoms with Crippen LogP contribution in [0.3, 0.4) is 0 Å². The Morgan fingerprint density at radius 3 is 1.27 bits per heavy atom. The SMILES string of the molecule is CC(=O)Sc1ccc(-c2ccc3c(c2)C(=C2SC(C)=C(C)S2)c2cc(-c4ccc(SC(C)=O)cc4)ccc2-3)cc1. The number of carbonyl (C=O) groups is 2. The first-order valence-electron chi connectivity index (χ1n) is 12.9. The fourth-order valence-electron chi connectivity index (χ4n) is 5.00. The van der Waals surface area contributed by atoms with Gasteiger partial charge in [0, 0.05) is 29.2 Å². The Morgan fingerprint density at radius 2 is 0.900 bits per heavy atom. The van der Waals surface area contributed by atoms with E-state index in [1.165, 1.54) is 65.4 Å². The molecule has 4 aromatic carbocycles. The molecule has 0 radical (unpaired) electrons. The van der Waals surface area contributed by atoms with Gasteiger partial charge in [-0.15, -0.1) is 0 Å². The maximum absolute atomic E-state index is 11.5. The average molecular weight is 595 g/mol. The summed E-state index contributed by atoms with van der Waals surface area (Å²) in [6, 6.07) is 30.0. The first-order valence-corrected chi connectivity index (χ1v) is 16.2. The fraction of sp³-hybridized carbons (Fsp3) is 0.118. The molecule has 4 aromatic rings. The van der Waals surface area contributed by atoms with E-state index in [4.69, 9.17) is 0 Å². The summed E-state index contributed by atoms with van der Waals surface area (Å²) in [5.41, 5.74) is 10.9. The van der Waals surface area contributed by atoms with Gasteiger partial charge in [0.2, 0.25) is 0 Å². The summed E-state index contributed by atoms with van der Waals surface area (Å²) < 4.78 is 1.32. The van der Waals surface area contributed by atoms with Crippen molar-refractivity contribution in [2.24, 2.45) is 0 Å². The van der Waals surface area contributed by atoms with Gasteiger partial charge in [-0.2, -0.15) is 0 Å². The molecule has 1 heterocycles. The molecule has 2 nitrogen and oxygen atoms in total. The van der Waals surface area contributed by atoms with E-state index >= 15 is 0 Å². The highest BCUT2D eigenvalue weighted by molar-refractivity contribution is 8.28. The molecule has 0 N–H and O–H groups in total. The topological polar surface area (TPSA) is 34.1 Å². The molecule has 2 aliphatic rings. The van der Waals surface area contributed by atoms with Crippen molar-refractivity contribution in [1.82, 2.24) is 0 Å². The lowest BCUT2D eigenvalue weighted by molar-refractivity contribution is -0.109. The summed E-state index contributed by atoms with van der Waals surface area (Å²) in [6.45, 7) is 7.59. The molecule has 6 heteroatoms. The molecular weight excluding hydrogens is 569 g/mol. The van der Waals surface area contributed by atoms with Crippen LogP contribution in [0.2, 0.25) is 0 Å². The molecule has 0 unspecified atom stereocenters. The Hall–Kier alpha value is -2.90. The van der Waals surface area contributed by atoms with Crippen molar-refractivity contribution in [2.45, 2.75) is 37.5 Å². The normalized spacial score (nSPS) is 14.0. The summed E-state index contributed by atoms with van der Waals surface area (Å²) in [5.74, 6) is 0. The summed E-state index contributed by atoms with van der Waals surface area (Å²) >= 11 is 6.26. The second-order valence-electron chi connectivity index (χ2n) is 9.74. The van der Waals surface area contributed by atoms with Gasteiger partial charge in [0.05, 0.1) is 4.24 Å². The third-order valence-corrected chi connectivity index (χ3v) is 11.2. The second-order valence-corrected chi connectivity index (χ2v) is 14.9. The van der Waals surface area contributed by atoms with Crippen LogP contribution in [0.15, 0.2) is 109 Å². The van der Waals surface area contributed by atoms with E-state index in [9.17, 15) is 9.59 Å². The van der Waals surface area contributed by atoms with Gasteiger partial charge in [-0.1, -0.05) is 95.6 Å². The second kappa shape index (κ2) is 11.2. The fourth-order valence-corrected chi connectivity index (χ4v) is 8.87. The number of benzene rings is 4. The lowest BCUT2D eigenvalue weighted by atomic mass is 9.98. The molecule has 0 atom stereocenters. The van der Waals surface area contributed by atoms with Crippen molar-refractivity contribution >= 4 is 62.9 Å². The van der Waals surface area contributed by atoms with Crippen molar-refractivity contribution in [3.8, 4) is 33.4 Å². The van der Waals surface area contributed by atoms with Crippen LogP contribution in [0, 0.1) is 0 Å². The van der Waals surface area contributed by atoms with Crippen LogP contribution in [-0.2, 0) is 9.59 Å². The van der Waals surface area contributed by atoms with Gasteiger partial charge in [0.15, 0.2) is 10.2 Å². The predicted molar refractivity (Wildman–Crippen MR) is 175 cm³/mol. The zero-order valence-electron chi connectivity index (χ0n) is 22.5. The van der Waals surface area contributed by atoms with Gasteiger partial charge in [0.1, 0.15) is 0 Å². The molecule has 1 aliphatic heterocycles. The van der Waals surface area contributed by atoms with Crippen molar-refractivity contribution < 1.29 is 9.59 Å². The van der Waals surface area contributed by atoms with E-state index in [0.717, 1.165) is 32.0 Å². The molecule has 0 saturated heterocycles. The van der Waals surface area contributed by atoms with E-state index in [1.54, 1.807) is 13.8 Å². The highest BCUT2D eigenvalue weighted by atomic mass is 32.2. The third-order valence-electron chi connectivity index (χ3n) is 6.96. The van der Waals surface area contributed by atoms with Gasteiger partial charge in [0.25, 0.3) is 0 Å². The van der Waals surface area contributed by atoms with Crippen LogP contribution in [-0.4, -0.2) is 10.2 Å². The van der Waals surface area contributed by atoms with Crippen LogP contribution in [0.1, 0.15) is 38.8 Å². The minimum absolute atomic E-state index is 0.0929. The van der Waals surface area contributed by atoms with E-state index < -0.39 is 0 Å². The van der Waals surface area contributed by atoms with Crippen molar-refractivity contribution in [3.63, 3.8) is 0 Å². The standard InChI is InChI=1S/C34H26O2S4/c1-19-20(2)38-34(37-19)33-31-17-25(23-5-11-27(12-6-23)39-21(3)35)9-15-29(31)30-16-10-26(18-32(30)33)24-7-13-28(14-8-24)40-22(4)36/h5-18H,1-4H3. The lowest BCUT2D eigenvalue weighted by Gasteiger charge is -2.11. The Bertz CT molecular complexity index is 1620. The van der Waals surface area contributed by atoms with Gasteiger partial charge in [-0.3, -0.25) is 9.59 Å². The van der Waals surface area contributed by atoms with Crippen molar-refractivity contribution in [3.05, 3.63) is 110 Å². The molecule has 0 fully saturated rings. The van der Waals surface area contributed by atoms with Crippen LogP contribution < -0.4 is 0 Å². The zero-order valence-corrected chi connectivity index (χ0v) is 25.8. The first-order chi connectivity index (χ1) is 19.3. The van der Waals surface area contributed by atoms with E-state index in [1.807, 2.05) is 47.8 Å². The highest BCUT2D eigenvalue weighted by Gasteiger charge is 2.30. The maximum Gasteiger partial charge on any atom is 0.190 e. The molecule has 40 heavy (non-hydrogen) atoms. The minimum Gasteiger partial charge on any atom is -0.287 e. The summed E-state index contributed by atoms with van der Waals surface area (Å²) in [4.78, 5) is 27.7.